The third-order valence-electron chi connectivity index (χ3n) is 6.61. The van der Waals surface area contributed by atoms with E-state index in [1.807, 2.05) is 13.0 Å². The highest BCUT2D eigenvalue weighted by atomic mass is 35.5. The number of carboxylic acid groups (broad SMARTS) is 1. The van der Waals surface area contributed by atoms with Crippen molar-refractivity contribution in [3.8, 4) is 0 Å². The van der Waals surface area contributed by atoms with Crippen LogP contribution < -0.4 is 5.32 Å². The van der Waals surface area contributed by atoms with Crippen LogP contribution in [0.3, 0.4) is 0 Å². The quantitative estimate of drug-likeness (QED) is 0.385. The fourth-order valence-corrected chi connectivity index (χ4v) is 5.01. The van der Waals surface area contributed by atoms with Crippen molar-refractivity contribution in [3.63, 3.8) is 0 Å². The number of benzene rings is 1. The first-order valence-corrected chi connectivity index (χ1v) is 12.3. The molecule has 7 heteroatoms. The Balaban J connectivity index is 1.83. The minimum atomic E-state index is -0.887. The van der Waals surface area contributed by atoms with E-state index in [-0.39, 0.29) is 30.6 Å². The van der Waals surface area contributed by atoms with E-state index in [0.29, 0.717) is 29.0 Å². The van der Waals surface area contributed by atoms with Crippen LogP contribution >= 0.6 is 11.6 Å². The Hall–Kier alpha value is -2.34. The van der Waals surface area contributed by atoms with Crippen molar-refractivity contribution in [1.29, 1.82) is 0 Å². The number of carbonyl (C=O) groups excluding carboxylic acids is 1. The molecular weight excluding hydrogens is 440 g/mol. The third-order valence-corrected chi connectivity index (χ3v) is 6.92. The summed E-state index contributed by atoms with van der Waals surface area (Å²) in [6.45, 7) is 8.54. The Labute approximate surface area is 201 Å². The predicted molar refractivity (Wildman–Crippen MR) is 130 cm³/mol. The number of halogens is 1. The molecule has 3 atom stereocenters. The van der Waals surface area contributed by atoms with Crippen LogP contribution in [0.4, 0.5) is 5.69 Å². The molecule has 2 unspecified atom stereocenters. The van der Waals surface area contributed by atoms with Crippen LogP contribution in [0.25, 0.3) is 0 Å². The minimum absolute atomic E-state index is 0.0317. The topological polar surface area (TPSA) is 92.4 Å². The molecule has 2 N–H and O–H groups in total. The molecular formula is C26H35ClN2O4. The maximum atomic E-state index is 12.9. The lowest BCUT2D eigenvalue weighted by Crippen LogP contribution is -2.19. The molecule has 0 saturated heterocycles. The molecule has 0 fully saturated rings. The molecule has 0 spiro atoms. The summed E-state index contributed by atoms with van der Waals surface area (Å²) in [5.74, 6) is 0.736. The van der Waals surface area contributed by atoms with Crippen molar-refractivity contribution in [2.24, 2.45) is 5.92 Å². The molecule has 0 bridgehead atoms. The standard InChI is InChI=1S/C26H35ClN2O4/c1-15(2)5-8-18-9-7-17(4)24-25(29-33-26(18)24)19(10-12-23(31)32)14-22(30)28-21-11-6-16(3)13-20(21)27/h6,11,13,15,17-19H,5,7-10,12,14H2,1-4H3,(H,28,30)(H,31,32)/t17?,18?,19-/m0/s1. The Morgan fingerprint density at radius 2 is 2.03 bits per heavy atom. The average molecular weight is 475 g/mol. The van der Waals surface area contributed by atoms with E-state index in [2.05, 4.69) is 31.2 Å². The molecule has 1 aromatic carbocycles. The molecule has 1 heterocycles. The van der Waals surface area contributed by atoms with E-state index < -0.39 is 5.97 Å². The maximum absolute atomic E-state index is 12.9. The second kappa shape index (κ2) is 11.2. The van der Waals surface area contributed by atoms with Crippen LogP contribution in [0.2, 0.25) is 5.02 Å². The smallest absolute Gasteiger partial charge is 0.303 e. The van der Waals surface area contributed by atoms with E-state index >= 15 is 0 Å². The molecule has 1 amide bonds. The van der Waals surface area contributed by atoms with Gasteiger partial charge in [0.15, 0.2) is 0 Å². The fourth-order valence-electron chi connectivity index (χ4n) is 4.72. The van der Waals surface area contributed by atoms with Gasteiger partial charge in [-0.05, 0) is 62.1 Å². The number of nitrogens with one attached hydrogen (secondary N) is 1. The van der Waals surface area contributed by atoms with Crippen molar-refractivity contribution in [1.82, 2.24) is 5.16 Å². The molecule has 33 heavy (non-hydrogen) atoms. The highest BCUT2D eigenvalue weighted by Crippen LogP contribution is 2.45. The van der Waals surface area contributed by atoms with Crippen LogP contribution in [0.15, 0.2) is 22.7 Å². The molecule has 6 nitrogen and oxygen atoms in total. The molecule has 0 radical (unpaired) electrons. The van der Waals surface area contributed by atoms with Gasteiger partial charge in [0.2, 0.25) is 5.91 Å². The summed E-state index contributed by atoms with van der Waals surface area (Å²) >= 11 is 6.27. The molecule has 2 aromatic rings. The summed E-state index contributed by atoms with van der Waals surface area (Å²) in [7, 11) is 0. The first-order valence-electron chi connectivity index (χ1n) is 11.9. The molecule has 0 aliphatic heterocycles. The van der Waals surface area contributed by atoms with Gasteiger partial charge in [-0.15, -0.1) is 0 Å². The number of amides is 1. The maximum Gasteiger partial charge on any atom is 0.303 e. The van der Waals surface area contributed by atoms with Gasteiger partial charge in [0.05, 0.1) is 16.4 Å². The van der Waals surface area contributed by atoms with E-state index in [1.165, 1.54) is 0 Å². The number of aryl methyl sites for hydroxylation is 1. The lowest BCUT2D eigenvalue weighted by molar-refractivity contribution is -0.137. The number of fused-ring (bicyclic) bond motifs is 1. The molecule has 1 aliphatic rings. The Bertz CT molecular complexity index is 985. The van der Waals surface area contributed by atoms with Crippen molar-refractivity contribution in [2.75, 3.05) is 5.32 Å². The summed E-state index contributed by atoms with van der Waals surface area (Å²) in [4.78, 5) is 24.2. The van der Waals surface area contributed by atoms with Gasteiger partial charge in [-0.3, -0.25) is 9.59 Å². The normalized spacial score (nSPS) is 18.7. The third kappa shape index (κ3) is 6.59. The highest BCUT2D eigenvalue weighted by Gasteiger charge is 2.35. The first kappa shape index (κ1) is 25.3. The van der Waals surface area contributed by atoms with Crippen molar-refractivity contribution in [2.45, 2.75) is 90.4 Å². The Kier molecular flexibility index (Phi) is 8.57. The number of aromatic nitrogens is 1. The molecule has 0 saturated carbocycles. The summed E-state index contributed by atoms with van der Waals surface area (Å²) in [5, 5.41) is 17.1. The number of nitrogens with zero attached hydrogens (tertiary/aromatic N) is 1. The number of hydrogen-bond acceptors (Lipinski definition) is 4. The summed E-state index contributed by atoms with van der Waals surface area (Å²) in [6.07, 6.45) is 4.71. The highest BCUT2D eigenvalue weighted by molar-refractivity contribution is 6.33. The number of carboxylic acids is 1. The van der Waals surface area contributed by atoms with Gasteiger partial charge in [0.1, 0.15) is 5.76 Å². The second-order valence-electron chi connectivity index (χ2n) is 9.86. The average Bonchev–Trinajstić information content (AvgIpc) is 3.18. The van der Waals surface area contributed by atoms with Gasteiger partial charge >= 0.3 is 5.97 Å². The summed E-state index contributed by atoms with van der Waals surface area (Å²) < 4.78 is 5.87. The van der Waals surface area contributed by atoms with E-state index in [4.69, 9.17) is 16.1 Å². The zero-order valence-electron chi connectivity index (χ0n) is 20.0. The van der Waals surface area contributed by atoms with Crippen LogP contribution in [0.1, 0.15) is 106 Å². The predicted octanol–water partition coefficient (Wildman–Crippen LogP) is 7.03. The second-order valence-corrected chi connectivity index (χ2v) is 10.3. The minimum Gasteiger partial charge on any atom is -0.481 e. The number of rotatable bonds is 10. The van der Waals surface area contributed by atoms with Gasteiger partial charge in [0.25, 0.3) is 0 Å². The van der Waals surface area contributed by atoms with E-state index in [0.717, 1.165) is 48.3 Å². The van der Waals surface area contributed by atoms with Crippen LogP contribution in [-0.4, -0.2) is 22.1 Å². The first-order chi connectivity index (χ1) is 15.7. The van der Waals surface area contributed by atoms with Crippen LogP contribution in [0.5, 0.6) is 0 Å². The zero-order valence-corrected chi connectivity index (χ0v) is 20.7. The SMILES string of the molecule is Cc1ccc(NC(=O)C[C@H](CCC(=O)O)c2noc3c2C(C)CCC3CCC(C)C)c(Cl)c1. The Morgan fingerprint density at radius 1 is 1.27 bits per heavy atom. The van der Waals surface area contributed by atoms with Gasteiger partial charge in [-0.2, -0.15) is 0 Å². The summed E-state index contributed by atoms with van der Waals surface area (Å²) in [6, 6.07) is 5.46. The molecule has 3 rings (SSSR count). The molecule has 1 aromatic heterocycles. The van der Waals surface area contributed by atoms with Crippen LogP contribution in [0, 0.1) is 12.8 Å². The van der Waals surface area contributed by atoms with E-state index in [1.54, 1.807) is 12.1 Å². The molecule has 1 aliphatic carbocycles. The largest absolute Gasteiger partial charge is 0.481 e. The zero-order chi connectivity index (χ0) is 24.1. The van der Waals surface area contributed by atoms with Gasteiger partial charge in [-0.25, -0.2) is 0 Å². The summed E-state index contributed by atoms with van der Waals surface area (Å²) in [5.41, 5.74) is 3.39. The van der Waals surface area contributed by atoms with Crippen LogP contribution in [-0.2, 0) is 9.59 Å². The number of carbonyl (C=O) groups is 2. The lowest BCUT2D eigenvalue weighted by atomic mass is 9.76. The van der Waals surface area contributed by atoms with E-state index in [9.17, 15) is 14.7 Å². The van der Waals surface area contributed by atoms with Gasteiger partial charge in [-0.1, -0.05) is 50.0 Å². The Morgan fingerprint density at radius 3 is 2.70 bits per heavy atom. The van der Waals surface area contributed by atoms with Crippen molar-refractivity contribution in [3.05, 3.63) is 45.8 Å². The number of hydrogen-bond donors (Lipinski definition) is 2. The lowest BCUT2D eigenvalue weighted by Gasteiger charge is -2.27. The number of aliphatic carboxylic acids is 1. The van der Waals surface area contributed by atoms with Gasteiger partial charge < -0.3 is 14.9 Å². The number of anilines is 1. The molecule has 180 valence electrons. The monoisotopic (exact) mass is 474 g/mol. The van der Waals surface area contributed by atoms with Crippen molar-refractivity contribution >= 4 is 29.2 Å². The fraction of sp³-hybridized carbons (Fsp3) is 0.577. The van der Waals surface area contributed by atoms with Crippen molar-refractivity contribution < 1.29 is 19.2 Å². The van der Waals surface area contributed by atoms with Gasteiger partial charge in [0, 0.05) is 30.2 Å².